The van der Waals surface area contributed by atoms with Crippen molar-refractivity contribution in [2.75, 3.05) is 18.1 Å². The molecule has 17 heavy (non-hydrogen) atoms. The Labute approximate surface area is 99.0 Å². The van der Waals surface area contributed by atoms with Gasteiger partial charge in [-0.3, -0.25) is 4.68 Å². The molecule has 0 atom stereocenters. The van der Waals surface area contributed by atoms with Gasteiger partial charge in [0.15, 0.2) is 0 Å². The highest BCUT2D eigenvalue weighted by atomic mass is 16.4. The lowest BCUT2D eigenvalue weighted by Crippen LogP contribution is -2.33. The second-order valence-electron chi connectivity index (χ2n) is 4.37. The van der Waals surface area contributed by atoms with Crippen molar-refractivity contribution < 1.29 is 9.90 Å². The average Bonchev–Trinajstić information content (AvgIpc) is 2.94. The molecule has 0 amide bonds. The van der Waals surface area contributed by atoms with Gasteiger partial charge in [0.2, 0.25) is 0 Å². The van der Waals surface area contributed by atoms with Gasteiger partial charge in [-0.05, 0) is 25.0 Å². The van der Waals surface area contributed by atoms with Crippen molar-refractivity contribution in [1.29, 1.82) is 0 Å². The Morgan fingerprint density at radius 2 is 1.88 bits per heavy atom. The summed E-state index contributed by atoms with van der Waals surface area (Å²) in [5, 5.41) is 12.4. The fourth-order valence-electron chi connectivity index (χ4n) is 2.50. The molecular weight excluding hydrogens is 216 g/mol. The minimum atomic E-state index is -0.867. The molecule has 1 aliphatic heterocycles. The van der Waals surface area contributed by atoms with Crippen molar-refractivity contribution >= 4 is 16.9 Å². The Hall–Kier alpha value is -1.97. The molecule has 1 aromatic carbocycles. The molecule has 1 aliphatic rings. The maximum absolute atomic E-state index is 11.3. The van der Waals surface area contributed by atoms with Gasteiger partial charge in [-0.15, -0.1) is 0 Å². The molecule has 1 fully saturated rings. The molecule has 1 aromatic heterocycles. The number of benzene rings is 1. The van der Waals surface area contributed by atoms with Gasteiger partial charge in [-0.1, -0.05) is 18.2 Å². The third-order valence-electron chi connectivity index (χ3n) is 3.27. The van der Waals surface area contributed by atoms with Crippen LogP contribution in [0, 0.1) is 0 Å². The van der Waals surface area contributed by atoms with Crippen LogP contribution in [0.1, 0.15) is 23.3 Å². The predicted molar refractivity (Wildman–Crippen MR) is 66.1 cm³/mol. The second-order valence-corrected chi connectivity index (χ2v) is 4.37. The van der Waals surface area contributed by atoms with Crippen LogP contribution in [0.25, 0.3) is 10.9 Å². The third kappa shape index (κ3) is 1.56. The molecular formula is C13H14N2O2. The number of aromatic carboxylic acids is 1. The summed E-state index contributed by atoms with van der Waals surface area (Å²) >= 11 is 0. The number of hydrogen-bond acceptors (Lipinski definition) is 2. The molecule has 4 nitrogen and oxygen atoms in total. The minimum Gasteiger partial charge on any atom is -0.477 e. The zero-order valence-corrected chi connectivity index (χ0v) is 9.47. The summed E-state index contributed by atoms with van der Waals surface area (Å²) in [6.45, 7) is 1.86. The van der Waals surface area contributed by atoms with Gasteiger partial charge in [0, 0.05) is 18.5 Å². The fourth-order valence-corrected chi connectivity index (χ4v) is 2.50. The summed E-state index contributed by atoms with van der Waals surface area (Å²) in [4.78, 5) is 11.3. The van der Waals surface area contributed by atoms with Gasteiger partial charge in [0.05, 0.1) is 5.52 Å². The highest BCUT2D eigenvalue weighted by molar-refractivity contribution is 5.94. The van der Waals surface area contributed by atoms with Crippen LogP contribution in [-0.2, 0) is 0 Å². The Morgan fingerprint density at radius 3 is 2.59 bits per heavy atom. The summed E-state index contributed by atoms with van der Waals surface area (Å²) < 4.78 is 1.85. The number of carboxylic acid groups (broad SMARTS) is 1. The molecule has 0 aliphatic carbocycles. The lowest BCUT2D eigenvalue weighted by Gasteiger charge is -2.22. The summed E-state index contributed by atoms with van der Waals surface area (Å²) in [5.41, 5.74) is 1.33. The molecule has 88 valence electrons. The van der Waals surface area contributed by atoms with E-state index in [1.165, 1.54) is 0 Å². The van der Waals surface area contributed by atoms with E-state index in [0.29, 0.717) is 5.69 Å². The van der Waals surface area contributed by atoms with Crippen LogP contribution >= 0.6 is 0 Å². The molecule has 4 heteroatoms. The molecule has 0 radical (unpaired) electrons. The predicted octanol–water partition coefficient (Wildman–Crippen LogP) is 2.07. The maximum Gasteiger partial charge on any atom is 0.354 e. The van der Waals surface area contributed by atoms with Gasteiger partial charge >= 0.3 is 5.97 Å². The van der Waals surface area contributed by atoms with Crippen molar-refractivity contribution in [1.82, 2.24) is 4.68 Å². The van der Waals surface area contributed by atoms with Crippen LogP contribution in [0.2, 0.25) is 0 Å². The summed E-state index contributed by atoms with van der Waals surface area (Å²) in [7, 11) is 0. The number of fused-ring (bicyclic) bond motifs is 1. The van der Waals surface area contributed by atoms with E-state index in [4.69, 9.17) is 0 Å². The van der Waals surface area contributed by atoms with E-state index >= 15 is 0 Å². The number of aromatic nitrogens is 1. The van der Waals surface area contributed by atoms with Crippen molar-refractivity contribution in [3.8, 4) is 0 Å². The Balaban J connectivity index is 2.24. The number of nitrogens with zero attached hydrogens (tertiary/aromatic N) is 2. The van der Waals surface area contributed by atoms with Gasteiger partial charge < -0.3 is 10.1 Å². The minimum absolute atomic E-state index is 0.355. The smallest absolute Gasteiger partial charge is 0.354 e. The Morgan fingerprint density at radius 1 is 1.18 bits per heavy atom. The molecule has 2 aromatic rings. The molecule has 1 N–H and O–H groups in total. The van der Waals surface area contributed by atoms with Gasteiger partial charge in [-0.25, -0.2) is 4.79 Å². The first-order chi connectivity index (χ1) is 8.27. The standard InChI is InChI=1S/C13H14N2O2/c16-13(17)12-9-10-5-1-2-6-11(10)15(12)14-7-3-4-8-14/h1-2,5-6,9H,3-4,7-8H2,(H,16,17). The fraction of sp³-hybridized carbons (Fsp3) is 0.308. The summed E-state index contributed by atoms with van der Waals surface area (Å²) in [5.74, 6) is -0.867. The first-order valence-electron chi connectivity index (χ1n) is 5.86. The number of carbonyl (C=O) groups is 1. The number of para-hydroxylation sites is 1. The largest absolute Gasteiger partial charge is 0.477 e. The van der Waals surface area contributed by atoms with Crippen molar-refractivity contribution in [2.45, 2.75) is 12.8 Å². The summed E-state index contributed by atoms with van der Waals surface area (Å²) in [6, 6.07) is 9.55. The highest BCUT2D eigenvalue weighted by Gasteiger charge is 2.21. The SMILES string of the molecule is O=C(O)c1cc2ccccc2n1N1CCCC1. The zero-order valence-electron chi connectivity index (χ0n) is 9.47. The first kappa shape index (κ1) is 10.2. The van der Waals surface area contributed by atoms with E-state index in [1.54, 1.807) is 6.07 Å². The van der Waals surface area contributed by atoms with E-state index in [-0.39, 0.29) is 0 Å². The molecule has 0 saturated carbocycles. The normalized spacial score (nSPS) is 15.6. The van der Waals surface area contributed by atoms with E-state index < -0.39 is 5.97 Å². The van der Waals surface area contributed by atoms with Crippen LogP contribution in [0.5, 0.6) is 0 Å². The van der Waals surface area contributed by atoms with Gasteiger partial charge in [0.25, 0.3) is 0 Å². The van der Waals surface area contributed by atoms with Crippen molar-refractivity contribution in [3.05, 3.63) is 36.0 Å². The molecule has 0 unspecified atom stereocenters. The second kappa shape index (κ2) is 3.80. The van der Waals surface area contributed by atoms with E-state index in [0.717, 1.165) is 36.8 Å². The molecule has 1 saturated heterocycles. The van der Waals surface area contributed by atoms with Crippen molar-refractivity contribution in [2.24, 2.45) is 0 Å². The molecule has 0 bridgehead atoms. The Bertz CT molecular complexity index is 568. The first-order valence-corrected chi connectivity index (χ1v) is 5.86. The number of rotatable bonds is 2. The van der Waals surface area contributed by atoms with E-state index in [9.17, 15) is 9.90 Å². The number of carboxylic acids is 1. The molecule has 2 heterocycles. The monoisotopic (exact) mass is 230 g/mol. The zero-order chi connectivity index (χ0) is 11.8. The van der Waals surface area contributed by atoms with E-state index in [1.807, 2.05) is 28.9 Å². The van der Waals surface area contributed by atoms with Crippen LogP contribution in [0.15, 0.2) is 30.3 Å². The molecule has 3 rings (SSSR count). The quantitative estimate of drug-likeness (QED) is 0.859. The van der Waals surface area contributed by atoms with E-state index in [2.05, 4.69) is 5.01 Å². The van der Waals surface area contributed by atoms with Gasteiger partial charge in [0.1, 0.15) is 5.69 Å². The third-order valence-corrected chi connectivity index (χ3v) is 3.27. The lowest BCUT2D eigenvalue weighted by molar-refractivity contribution is 0.0685. The topological polar surface area (TPSA) is 45.5 Å². The van der Waals surface area contributed by atoms with Gasteiger partial charge in [-0.2, -0.15) is 0 Å². The highest BCUT2D eigenvalue weighted by Crippen LogP contribution is 2.22. The lowest BCUT2D eigenvalue weighted by atomic mass is 10.2. The maximum atomic E-state index is 11.3. The van der Waals surface area contributed by atoms with Crippen LogP contribution in [-0.4, -0.2) is 28.8 Å². The Kier molecular flexibility index (Phi) is 2.28. The summed E-state index contributed by atoms with van der Waals surface area (Å²) in [6.07, 6.45) is 2.26. The average molecular weight is 230 g/mol. The van der Waals surface area contributed by atoms with Crippen LogP contribution < -0.4 is 5.01 Å². The van der Waals surface area contributed by atoms with Crippen molar-refractivity contribution in [3.63, 3.8) is 0 Å². The number of hydrogen-bond donors (Lipinski definition) is 1. The molecule has 0 spiro atoms. The van der Waals surface area contributed by atoms with Crippen LogP contribution in [0.3, 0.4) is 0 Å². The van der Waals surface area contributed by atoms with Crippen LogP contribution in [0.4, 0.5) is 0 Å².